The first kappa shape index (κ1) is 7.07. The van der Waals surface area contributed by atoms with E-state index in [-0.39, 0.29) is 5.60 Å². The van der Waals surface area contributed by atoms with Gasteiger partial charge >= 0.3 is 0 Å². The van der Waals surface area contributed by atoms with Crippen molar-refractivity contribution in [2.24, 2.45) is 5.92 Å². The van der Waals surface area contributed by atoms with Gasteiger partial charge < -0.3 is 5.11 Å². The molecule has 0 amide bonds. The van der Waals surface area contributed by atoms with Gasteiger partial charge in [-0.3, -0.25) is 0 Å². The number of hydrogen-bond donors (Lipinski definition) is 1. The van der Waals surface area contributed by atoms with E-state index in [1.54, 1.807) is 0 Å². The monoisotopic (exact) mass is 128 g/mol. The molecule has 0 aromatic rings. The summed E-state index contributed by atoms with van der Waals surface area (Å²) in [6.07, 6.45) is 4.28. The Balaban J connectivity index is 2.05. The Labute approximate surface area is 57.1 Å². The number of hydrogen-bond acceptors (Lipinski definition) is 1. The highest BCUT2D eigenvalue weighted by molar-refractivity contribution is 4.92. The fourth-order valence-corrected chi connectivity index (χ4v) is 0.952. The van der Waals surface area contributed by atoms with Crippen LogP contribution in [0.25, 0.3) is 0 Å². The first-order valence-corrected chi connectivity index (χ1v) is 3.85. The molecule has 1 aliphatic rings. The van der Waals surface area contributed by atoms with Crippen LogP contribution >= 0.6 is 0 Å². The van der Waals surface area contributed by atoms with Crippen LogP contribution in [0.2, 0.25) is 0 Å². The molecule has 1 nitrogen and oxygen atoms in total. The lowest BCUT2D eigenvalue weighted by atomic mass is 10.0. The zero-order valence-electron chi connectivity index (χ0n) is 6.35. The van der Waals surface area contributed by atoms with Crippen LogP contribution in [-0.2, 0) is 0 Å². The highest BCUT2D eigenvalue weighted by Crippen LogP contribution is 2.39. The summed E-state index contributed by atoms with van der Waals surface area (Å²) in [7, 11) is 0. The van der Waals surface area contributed by atoms with Crippen molar-refractivity contribution in [2.45, 2.75) is 45.1 Å². The minimum atomic E-state index is -0.218. The van der Waals surface area contributed by atoms with Gasteiger partial charge in [-0.05, 0) is 31.6 Å². The minimum Gasteiger partial charge on any atom is -0.390 e. The van der Waals surface area contributed by atoms with Crippen LogP contribution in [-0.4, -0.2) is 10.7 Å². The second-order valence-corrected chi connectivity index (χ2v) is 3.66. The molecule has 0 heterocycles. The molecule has 0 unspecified atom stereocenters. The average molecular weight is 128 g/mol. The number of aliphatic hydroxyl groups is 1. The SMILES string of the molecule is CC(C)CCC1(O)CC1. The molecule has 1 aliphatic carbocycles. The predicted molar refractivity (Wildman–Crippen MR) is 38.3 cm³/mol. The Hall–Kier alpha value is -0.0400. The summed E-state index contributed by atoms with van der Waals surface area (Å²) in [5.41, 5.74) is -0.218. The third-order valence-corrected chi connectivity index (χ3v) is 2.01. The molecule has 0 aliphatic heterocycles. The standard InChI is InChI=1S/C8H16O/c1-7(2)3-4-8(9)5-6-8/h7,9H,3-6H2,1-2H3. The van der Waals surface area contributed by atoms with Gasteiger partial charge in [-0.15, -0.1) is 0 Å². The first-order valence-electron chi connectivity index (χ1n) is 3.85. The molecule has 1 rings (SSSR count). The molecule has 1 heteroatoms. The molecule has 1 N–H and O–H groups in total. The van der Waals surface area contributed by atoms with Crippen LogP contribution in [0.4, 0.5) is 0 Å². The van der Waals surface area contributed by atoms with E-state index < -0.39 is 0 Å². The lowest BCUT2D eigenvalue weighted by Crippen LogP contribution is -2.07. The molecule has 0 radical (unpaired) electrons. The lowest BCUT2D eigenvalue weighted by Gasteiger charge is -2.08. The molecule has 0 saturated heterocycles. The van der Waals surface area contributed by atoms with Crippen LogP contribution in [0.1, 0.15) is 39.5 Å². The van der Waals surface area contributed by atoms with Crippen LogP contribution in [0.15, 0.2) is 0 Å². The van der Waals surface area contributed by atoms with Crippen LogP contribution in [0, 0.1) is 5.92 Å². The summed E-state index contributed by atoms with van der Waals surface area (Å²) in [5.74, 6) is 0.745. The third kappa shape index (κ3) is 2.35. The van der Waals surface area contributed by atoms with Gasteiger partial charge in [0.25, 0.3) is 0 Å². The van der Waals surface area contributed by atoms with Gasteiger partial charge in [0.15, 0.2) is 0 Å². The maximum atomic E-state index is 9.38. The van der Waals surface area contributed by atoms with E-state index in [1.807, 2.05) is 0 Å². The van der Waals surface area contributed by atoms with Crippen molar-refractivity contribution in [2.75, 3.05) is 0 Å². The number of rotatable bonds is 3. The molecular formula is C8H16O. The largest absolute Gasteiger partial charge is 0.390 e. The molecule has 0 bridgehead atoms. The molecule has 54 valence electrons. The van der Waals surface area contributed by atoms with Gasteiger partial charge in [0, 0.05) is 0 Å². The van der Waals surface area contributed by atoms with Crippen molar-refractivity contribution in [1.82, 2.24) is 0 Å². The minimum absolute atomic E-state index is 0.218. The maximum absolute atomic E-state index is 9.38. The van der Waals surface area contributed by atoms with Crippen molar-refractivity contribution >= 4 is 0 Å². The van der Waals surface area contributed by atoms with E-state index in [0.29, 0.717) is 0 Å². The Morgan fingerprint density at radius 2 is 2.00 bits per heavy atom. The lowest BCUT2D eigenvalue weighted by molar-refractivity contribution is 0.132. The van der Waals surface area contributed by atoms with Crippen molar-refractivity contribution in [3.63, 3.8) is 0 Å². The predicted octanol–water partition coefficient (Wildman–Crippen LogP) is 1.95. The highest BCUT2D eigenvalue weighted by atomic mass is 16.3. The second-order valence-electron chi connectivity index (χ2n) is 3.66. The second kappa shape index (κ2) is 2.30. The quantitative estimate of drug-likeness (QED) is 0.616. The van der Waals surface area contributed by atoms with Gasteiger partial charge in [0.05, 0.1) is 5.60 Å². The first-order chi connectivity index (χ1) is 4.12. The molecular weight excluding hydrogens is 112 g/mol. The van der Waals surface area contributed by atoms with E-state index in [2.05, 4.69) is 13.8 Å². The summed E-state index contributed by atoms with van der Waals surface area (Å²) >= 11 is 0. The van der Waals surface area contributed by atoms with E-state index in [0.717, 1.165) is 25.2 Å². The summed E-state index contributed by atoms with van der Waals surface area (Å²) < 4.78 is 0. The van der Waals surface area contributed by atoms with Gasteiger partial charge in [-0.1, -0.05) is 13.8 Å². The van der Waals surface area contributed by atoms with E-state index in [4.69, 9.17) is 0 Å². The summed E-state index contributed by atoms with van der Waals surface area (Å²) in [4.78, 5) is 0. The molecule has 0 spiro atoms. The van der Waals surface area contributed by atoms with Gasteiger partial charge in [0.1, 0.15) is 0 Å². The van der Waals surface area contributed by atoms with Crippen molar-refractivity contribution < 1.29 is 5.11 Å². The van der Waals surface area contributed by atoms with Gasteiger partial charge in [0.2, 0.25) is 0 Å². The van der Waals surface area contributed by atoms with E-state index in [9.17, 15) is 5.11 Å². The topological polar surface area (TPSA) is 20.2 Å². The zero-order valence-corrected chi connectivity index (χ0v) is 6.35. The highest BCUT2D eigenvalue weighted by Gasteiger charge is 2.39. The van der Waals surface area contributed by atoms with Gasteiger partial charge in [-0.25, -0.2) is 0 Å². The molecule has 0 aromatic heterocycles. The maximum Gasteiger partial charge on any atom is 0.0650 e. The van der Waals surface area contributed by atoms with Crippen molar-refractivity contribution in [1.29, 1.82) is 0 Å². The van der Waals surface area contributed by atoms with Crippen molar-refractivity contribution in [3.05, 3.63) is 0 Å². The van der Waals surface area contributed by atoms with Crippen molar-refractivity contribution in [3.8, 4) is 0 Å². The van der Waals surface area contributed by atoms with Crippen LogP contribution in [0.5, 0.6) is 0 Å². The Morgan fingerprint density at radius 1 is 1.44 bits per heavy atom. The summed E-state index contributed by atoms with van der Waals surface area (Å²) in [6.45, 7) is 4.40. The third-order valence-electron chi connectivity index (χ3n) is 2.01. The molecule has 1 fully saturated rings. The Morgan fingerprint density at radius 3 is 2.33 bits per heavy atom. The molecule has 0 atom stereocenters. The summed E-state index contributed by atoms with van der Waals surface area (Å²) in [6, 6.07) is 0. The zero-order chi connectivity index (χ0) is 6.91. The smallest absolute Gasteiger partial charge is 0.0650 e. The van der Waals surface area contributed by atoms with Crippen LogP contribution in [0.3, 0.4) is 0 Å². The van der Waals surface area contributed by atoms with Crippen LogP contribution < -0.4 is 0 Å². The fourth-order valence-electron chi connectivity index (χ4n) is 0.952. The Kier molecular flexibility index (Phi) is 1.80. The molecule has 9 heavy (non-hydrogen) atoms. The fraction of sp³-hybridized carbons (Fsp3) is 1.00. The van der Waals surface area contributed by atoms with E-state index in [1.165, 1.54) is 6.42 Å². The Bertz CT molecular complexity index is 92.7. The summed E-state index contributed by atoms with van der Waals surface area (Å²) in [5, 5.41) is 9.38. The van der Waals surface area contributed by atoms with E-state index >= 15 is 0 Å². The average Bonchev–Trinajstić information content (AvgIpc) is 2.45. The molecule has 0 aromatic carbocycles. The normalized spacial score (nSPS) is 22.7. The van der Waals surface area contributed by atoms with Gasteiger partial charge in [-0.2, -0.15) is 0 Å². The molecule has 1 saturated carbocycles.